The van der Waals surface area contributed by atoms with E-state index in [-0.39, 0.29) is 48.8 Å². The fourth-order valence-electron chi connectivity index (χ4n) is 4.46. The van der Waals surface area contributed by atoms with Crippen LogP contribution in [0.25, 0.3) is 0 Å². The summed E-state index contributed by atoms with van der Waals surface area (Å²) >= 11 is 0. The molecule has 4 unspecified atom stereocenters. The number of nitrogens with zero attached hydrogens (tertiary/aromatic N) is 1. The fraction of sp³-hybridized carbons (Fsp3) is 0.550. The first-order valence-electron chi connectivity index (χ1n) is 9.97. The molecule has 1 aliphatic carbocycles. The number of hydrogen-bond donors (Lipinski definition) is 3. The molecule has 1 aromatic carbocycles. The molecular weight excluding hydrogens is 376 g/mol. The zero-order valence-corrected chi connectivity index (χ0v) is 16.3. The number of amides is 2. The number of carbonyl (C=O) groups excluding carboxylic acids is 3. The third kappa shape index (κ3) is 4.06. The highest BCUT2D eigenvalue weighted by atomic mass is 16.5. The van der Waals surface area contributed by atoms with Crippen LogP contribution in [0.5, 0.6) is 5.75 Å². The molecule has 0 spiro atoms. The maximum absolute atomic E-state index is 12.5. The minimum atomic E-state index is -0.396. The lowest BCUT2D eigenvalue weighted by Crippen LogP contribution is -2.47. The van der Waals surface area contributed by atoms with Gasteiger partial charge in [0.05, 0.1) is 12.8 Å². The van der Waals surface area contributed by atoms with Crippen LogP contribution in [-0.4, -0.2) is 56.2 Å². The summed E-state index contributed by atoms with van der Waals surface area (Å²) < 4.78 is 10.3. The number of para-hydroxylation sites is 2. The normalized spacial score (nSPS) is 28.2. The summed E-state index contributed by atoms with van der Waals surface area (Å²) in [7, 11) is 1.38. The highest BCUT2D eigenvalue weighted by molar-refractivity contribution is 5.98. The zero-order valence-electron chi connectivity index (χ0n) is 16.3. The van der Waals surface area contributed by atoms with Crippen LogP contribution < -0.4 is 25.8 Å². The number of fused-ring (bicyclic) bond motifs is 2. The van der Waals surface area contributed by atoms with Gasteiger partial charge in [-0.1, -0.05) is 12.1 Å². The van der Waals surface area contributed by atoms with Crippen molar-refractivity contribution in [3.05, 3.63) is 24.3 Å². The second kappa shape index (κ2) is 8.38. The van der Waals surface area contributed by atoms with Gasteiger partial charge in [-0.2, -0.15) is 0 Å². The average molecular weight is 402 g/mol. The molecule has 2 amide bonds. The lowest BCUT2D eigenvalue weighted by atomic mass is 9.79. The molecule has 29 heavy (non-hydrogen) atoms. The zero-order chi connectivity index (χ0) is 20.4. The Labute approximate surface area is 169 Å². The summed E-state index contributed by atoms with van der Waals surface area (Å²) in [6.45, 7) is 0.289. The minimum Gasteiger partial charge on any atom is -0.482 e. The van der Waals surface area contributed by atoms with Gasteiger partial charge >= 0.3 is 5.97 Å². The van der Waals surface area contributed by atoms with Crippen molar-refractivity contribution < 1.29 is 23.9 Å². The Morgan fingerprint density at radius 1 is 1.28 bits per heavy atom. The summed E-state index contributed by atoms with van der Waals surface area (Å²) in [5.74, 6) is 0.191. The van der Waals surface area contributed by atoms with Crippen molar-refractivity contribution in [1.82, 2.24) is 16.2 Å². The fourth-order valence-corrected chi connectivity index (χ4v) is 4.46. The van der Waals surface area contributed by atoms with Gasteiger partial charge in [0.1, 0.15) is 11.8 Å². The third-order valence-corrected chi connectivity index (χ3v) is 5.94. The van der Waals surface area contributed by atoms with E-state index in [4.69, 9.17) is 9.47 Å². The predicted molar refractivity (Wildman–Crippen MR) is 104 cm³/mol. The van der Waals surface area contributed by atoms with Gasteiger partial charge in [-0.15, -0.1) is 0 Å². The Balaban J connectivity index is 1.31. The van der Waals surface area contributed by atoms with E-state index in [0.29, 0.717) is 24.4 Å². The SMILES string of the molecule is COC(=O)C1NNC2CCC(NC(=O)CCN3C(=O)COc4ccccc43)CC21. The van der Waals surface area contributed by atoms with Gasteiger partial charge in [0.15, 0.2) is 6.61 Å². The number of benzene rings is 1. The van der Waals surface area contributed by atoms with Crippen molar-refractivity contribution in [3.63, 3.8) is 0 Å². The second-order valence-corrected chi connectivity index (χ2v) is 7.69. The van der Waals surface area contributed by atoms with E-state index in [0.717, 1.165) is 12.8 Å². The quantitative estimate of drug-likeness (QED) is 0.600. The molecule has 2 heterocycles. The molecule has 0 bridgehead atoms. The van der Waals surface area contributed by atoms with Crippen molar-refractivity contribution >= 4 is 23.5 Å². The van der Waals surface area contributed by atoms with Crippen LogP contribution in [0, 0.1) is 5.92 Å². The van der Waals surface area contributed by atoms with Gasteiger partial charge in [0, 0.05) is 31.0 Å². The van der Waals surface area contributed by atoms with Crippen LogP contribution in [0.2, 0.25) is 0 Å². The maximum atomic E-state index is 12.5. The monoisotopic (exact) mass is 402 g/mol. The number of nitrogens with one attached hydrogen (secondary N) is 3. The standard InChI is InChI=1S/C20H26N4O5/c1-28-20(27)19-13-10-12(6-7-14(13)22-23-19)21-17(25)8-9-24-15-4-2-3-5-16(15)29-11-18(24)26/h2-5,12-14,19,22-23H,6-11H2,1H3,(H,21,25). The summed E-state index contributed by atoms with van der Waals surface area (Å²) in [6, 6.07) is 7.14. The van der Waals surface area contributed by atoms with Gasteiger partial charge < -0.3 is 19.7 Å². The van der Waals surface area contributed by atoms with Crippen LogP contribution in [-0.2, 0) is 19.1 Å². The van der Waals surface area contributed by atoms with Gasteiger partial charge in [0.25, 0.3) is 5.91 Å². The van der Waals surface area contributed by atoms with Crippen LogP contribution in [0.4, 0.5) is 5.69 Å². The Kier molecular flexibility index (Phi) is 5.68. The Hall–Kier alpha value is -2.65. The van der Waals surface area contributed by atoms with E-state index < -0.39 is 6.04 Å². The van der Waals surface area contributed by atoms with Gasteiger partial charge in [-0.05, 0) is 31.4 Å². The largest absolute Gasteiger partial charge is 0.482 e. The third-order valence-electron chi connectivity index (χ3n) is 5.94. The molecule has 2 aliphatic heterocycles. The van der Waals surface area contributed by atoms with Crippen LogP contribution in [0.3, 0.4) is 0 Å². The molecule has 9 nitrogen and oxygen atoms in total. The number of ether oxygens (including phenoxy) is 2. The molecule has 1 saturated heterocycles. The second-order valence-electron chi connectivity index (χ2n) is 7.69. The summed E-state index contributed by atoms with van der Waals surface area (Å²) in [5, 5.41) is 3.07. The number of rotatable bonds is 5. The first-order valence-corrected chi connectivity index (χ1v) is 9.97. The van der Waals surface area contributed by atoms with E-state index >= 15 is 0 Å². The molecule has 1 aromatic rings. The number of anilines is 1. The van der Waals surface area contributed by atoms with Crippen LogP contribution >= 0.6 is 0 Å². The average Bonchev–Trinajstić information content (AvgIpc) is 3.15. The summed E-state index contributed by atoms with van der Waals surface area (Å²) in [6.07, 6.45) is 2.62. The molecule has 1 saturated carbocycles. The molecule has 0 radical (unpaired) electrons. The smallest absolute Gasteiger partial charge is 0.324 e. The van der Waals surface area contributed by atoms with Gasteiger partial charge in [-0.3, -0.25) is 19.8 Å². The molecule has 0 aromatic heterocycles. The molecule has 4 atom stereocenters. The molecular formula is C20H26N4O5. The lowest BCUT2D eigenvalue weighted by Gasteiger charge is -2.33. The number of carbonyl (C=O) groups is 3. The van der Waals surface area contributed by atoms with E-state index in [1.54, 1.807) is 4.90 Å². The van der Waals surface area contributed by atoms with E-state index in [1.807, 2.05) is 24.3 Å². The van der Waals surface area contributed by atoms with Crippen molar-refractivity contribution in [2.75, 3.05) is 25.2 Å². The van der Waals surface area contributed by atoms with Crippen molar-refractivity contribution in [1.29, 1.82) is 0 Å². The highest BCUT2D eigenvalue weighted by Gasteiger charge is 2.44. The van der Waals surface area contributed by atoms with Crippen molar-refractivity contribution in [2.24, 2.45) is 5.92 Å². The molecule has 9 heteroatoms. The number of esters is 1. The molecule has 2 fully saturated rings. The molecule has 4 rings (SSSR count). The van der Waals surface area contributed by atoms with Crippen molar-refractivity contribution in [3.8, 4) is 5.75 Å². The molecule has 3 N–H and O–H groups in total. The topological polar surface area (TPSA) is 109 Å². The summed E-state index contributed by atoms with van der Waals surface area (Å²) in [4.78, 5) is 38.3. The minimum absolute atomic E-state index is 0.00489. The van der Waals surface area contributed by atoms with Crippen molar-refractivity contribution in [2.45, 2.75) is 43.8 Å². The van der Waals surface area contributed by atoms with E-state index in [2.05, 4.69) is 16.2 Å². The van der Waals surface area contributed by atoms with E-state index in [1.165, 1.54) is 7.11 Å². The van der Waals surface area contributed by atoms with E-state index in [9.17, 15) is 14.4 Å². The highest BCUT2D eigenvalue weighted by Crippen LogP contribution is 2.32. The summed E-state index contributed by atoms with van der Waals surface area (Å²) in [5.41, 5.74) is 6.87. The number of hydrazine groups is 1. The lowest BCUT2D eigenvalue weighted by molar-refractivity contribution is -0.144. The van der Waals surface area contributed by atoms with Crippen LogP contribution in [0.15, 0.2) is 24.3 Å². The number of hydrogen-bond acceptors (Lipinski definition) is 7. The van der Waals surface area contributed by atoms with Gasteiger partial charge in [-0.25, -0.2) is 5.43 Å². The Morgan fingerprint density at radius 3 is 2.93 bits per heavy atom. The van der Waals surface area contributed by atoms with Crippen LogP contribution in [0.1, 0.15) is 25.7 Å². The Morgan fingerprint density at radius 2 is 2.10 bits per heavy atom. The van der Waals surface area contributed by atoms with Gasteiger partial charge in [0.2, 0.25) is 5.91 Å². The molecule has 3 aliphatic rings. The first-order chi connectivity index (χ1) is 14.1. The first kappa shape index (κ1) is 19.7. The Bertz CT molecular complexity index is 801. The number of methoxy groups -OCH3 is 1. The maximum Gasteiger partial charge on any atom is 0.324 e. The molecule has 156 valence electrons. The predicted octanol–water partition coefficient (Wildman–Crippen LogP) is 0.105.